The maximum atomic E-state index is 13.5. The van der Waals surface area contributed by atoms with Crippen molar-refractivity contribution in [1.82, 2.24) is 9.47 Å². The number of pyridine rings is 1. The normalized spacial score (nSPS) is 14.9. The first-order valence-corrected chi connectivity index (χ1v) is 11.2. The summed E-state index contributed by atoms with van der Waals surface area (Å²) in [5.74, 6) is -3.74. The number of anilines is 1. The van der Waals surface area contributed by atoms with E-state index in [9.17, 15) is 29.4 Å². The molecule has 5 rings (SSSR count). The van der Waals surface area contributed by atoms with Crippen LogP contribution in [0.25, 0.3) is 10.8 Å². The van der Waals surface area contributed by atoms with E-state index in [1.165, 1.54) is 4.90 Å². The molecule has 0 radical (unpaired) electrons. The van der Waals surface area contributed by atoms with Crippen LogP contribution in [0.2, 0.25) is 0 Å². The lowest BCUT2D eigenvalue weighted by Gasteiger charge is -2.37. The zero-order chi connectivity index (χ0) is 25.4. The molecule has 0 fully saturated rings. The molecule has 1 unspecified atom stereocenters. The molecule has 3 aromatic carbocycles. The van der Waals surface area contributed by atoms with Crippen molar-refractivity contribution in [3.8, 4) is 5.75 Å². The number of aromatic carboxylic acids is 1. The van der Waals surface area contributed by atoms with E-state index in [2.05, 4.69) is 5.32 Å². The van der Waals surface area contributed by atoms with Crippen LogP contribution < -0.4 is 10.7 Å². The Bertz CT molecular complexity index is 1580. The Kier molecular flexibility index (Phi) is 5.73. The van der Waals surface area contributed by atoms with Crippen LogP contribution in [-0.4, -0.2) is 43.5 Å². The molecule has 9 heteroatoms. The van der Waals surface area contributed by atoms with Gasteiger partial charge in [0.25, 0.3) is 5.91 Å². The Morgan fingerprint density at radius 1 is 0.944 bits per heavy atom. The number of amides is 2. The Labute approximate surface area is 204 Å². The van der Waals surface area contributed by atoms with Gasteiger partial charge < -0.3 is 25.0 Å². The van der Waals surface area contributed by atoms with Crippen molar-refractivity contribution in [2.24, 2.45) is 0 Å². The molecule has 2 amide bonds. The summed E-state index contributed by atoms with van der Waals surface area (Å²) in [4.78, 5) is 52.1. The lowest BCUT2D eigenvalue weighted by atomic mass is 10.0. The summed E-state index contributed by atoms with van der Waals surface area (Å²) in [6, 6.07) is 21.1. The van der Waals surface area contributed by atoms with Gasteiger partial charge >= 0.3 is 5.97 Å². The SMILES string of the molecule is O=C(O)c1cn2c(c(O)c1=O)C(=O)N(Cc1ccccc1)C(C(=O)Nc1ccc3ccccc3c1)C2. The van der Waals surface area contributed by atoms with Gasteiger partial charge in [-0.1, -0.05) is 60.7 Å². The van der Waals surface area contributed by atoms with Crippen LogP contribution in [0.1, 0.15) is 26.4 Å². The quantitative estimate of drug-likeness (QED) is 0.400. The van der Waals surface area contributed by atoms with Gasteiger partial charge in [-0.2, -0.15) is 0 Å². The Morgan fingerprint density at radius 3 is 2.36 bits per heavy atom. The second kappa shape index (κ2) is 9.03. The Hall–Kier alpha value is -4.92. The molecule has 0 saturated heterocycles. The second-order valence-corrected chi connectivity index (χ2v) is 8.51. The van der Waals surface area contributed by atoms with Crippen LogP contribution in [0, 0.1) is 0 Å². The van der Waals surface area contributed by atoms with Crippen LogP contribution in [0.4, 0.5) is 5.69 Å². The van der Waals surface area contributed by atoms with Crippen molar-refractivity contribution < 1.29 is 24.6 Å². The van der Waals surface area contributed by atoms with Crippen molar-refractivity contribution >= 4 is 34.2 Å². The van der Waals surface area contributed by atoms with E-state index in [4.69, 9.17) is 0 Å². The molecule has 1 aromatic heterocycles. The van der Waals surface area contributed by atoms with Crippen LogP contribution >= 0.6 is 0 Å². The minimum absolute atomic E-state index is 0.0454. The largest absolute Gasteiger partial charge is 0.503 e. The summed E-state index contributed by atoms with van der Waals surface area (Å²) in [6.45, 7) is -0.106. The molecule has 0 aliphatic carbocycles. The number of rotatable bonds is 5. The van der Waals surface area contributed by atoms with E-state index in [1.807, 2.05) is 42.5 Å². The number of nitrogens with zero attached hydrogens (tertiary/aromatic N) is 2. The van der Waals surface area contributed by atoms with Crippen LogP contribution in [0.5, 0.6) is 5.75 Å². The zero-order valence-electron chi connectivity index (χ0n) is 18.9. The number of benzene rings is 3. The number of aromatic nitrogens is 1. The van der Waals surface area contributed by atoms with Crippen molar-refractivity contribution in [2.75, 3.05) is 5.32 Å². The van der Waals surface area contributed by atoms with Crippen molar-refractivity contribution in [2.45, 2.75) is 19.1 Å². The van der Waals surface area contributed by atoms with E-state index < -0.39 is 40.6 Å². The molecule has 1 atom stereocenters. The molecule has 36 heavy (non-hydrogen) atoms. The van der Waals surface area contributed by atoms with Gasteiger partial charge in [0.15, 0.2) is 11.4 Å². The fraction of sp³-hybridized carbons (Fsp3) is 0.111. The van der Waals surface area contributed by atoms with E-state index in [-0.39, 0.29) is 18.8 Å². The third-order valence-corrected chi connectivity index (χ3v) is 6.21. The average Bonchev–Trinajstić information content (AvgIpc) is 2.87. The van der Waals surface area contributed by atoms with E-state index in [0.717, 1.165) is 27.1 Å². The summed E-state index contributed by atoms with van der Waals surface area (Å²) in [6.07, 6.45) is 0.994. The number of hydrogen-bond acceptors (Lipinski definition) is 5. The predicted octanol–water partition coefficient (Wildman–Crippen LogP) is 3.07. The van der Waals surface area contributed by atoms with Crippen LogP contribution in [0.15, 0.2) is 83.8 Å². The second-order valence-electron chi connectivity index (χ2n) is 8.51. The molecule has 0 saturated carbocycles. The standard InChI is InChI=1S/C27H21N3O6/c31-23-20(27(35)36)14-29-15-21(25(33)28-19-11-10-17-8-4-5-9-18(17)12-19)30(26(34)22(29)24(23)32)13-16-6-2-1-3-7-16/h1-12,14,21,32H,13,15H2,(H,28,33)(H,35,36). The van der Waals surface area contributed by atoms with E-state index in [0.29, 0.717) is 5.69 Å². The Balaban J connectivity index is 1.55. The number of carbonyl (C=O) groups excluding carboxylic acids is 2. The molecule has 3 N–H and O–H groups in total. The smallest absolute Gasteiger partial charge is 0.341 e. The van der Waals surface area contributed by atoms with Gasteiger partial charge in [0, 0.05) is 18.4 Å². The molecule has 180 valence electrons. The summed E-state index contributed by atoms with van der Waals surface area (Å²) < 4.78 is 1.16. The lowest BCUT2D eigenvalue weighted by molar-refractivity contribution is -0.121. The third-order valence-electron chi connectivity index (χ3n) is 6.21. The highest BCUT2D eigenvalue weighted by Crippen LogP contribution is 2.27. The van der Waals surface area contributed by atoms with Gasteiger partial charge in [-0.3, -0.25) is 14.4 Å². The topological polar surface area (TPSA) is 129 Å². The maximum absolute atomic E-state index is 13.5. The monoisotopic (exact) mass is 483 g/mol. The summed E-state index contributed by atoms with van der Waals surface area (Å²) in [5, 5.41) is 24.6. The van der Waals surface area contributed by atoms with Gasteiger partial charge in [-0.05, 0) is 28.5 Å². The Morgan fingerprint density at radius 2 is 1.64 bits per heavy atom. The number of hydrogen-bond donors (Lipinski definition) is 3. The molecular weight excluding hydrogens is 462 g/mol. The minimum Gasteiger partial charge on any atom is -0.503 e. The lowest BCUT2D eigenvalue weighted by Crippen LogP contribution is -2.54. The summed E-state index contributed by atoms with van der Waals surface area (Å²) in [7, 11) is 0. The molecule has 1 aliphatic rings. The first-order valence-electron chi connectivity index (χ1n) is 11.2. The number of nitrogens with one attached hydrogen (secondary N) is 1. The zero-order valence-corrected chi connectivity index (χ0v) is 18.9. The van der Waals surface area contributed by atoms with Crippen molar-refractivity contribution in [3.63, 3.8) is 0 Å². The predicted molar refractivity (Wildman–Crippen MR) is 132 cm³/mol. The molecule has 2 heterocycles. The number of fused-ring (bicyclic) bond motifs is 2. The minimum atomic E-state index is -1.54. The number of carboxylic acids is 1. The molecule has 0 bridgehead atoms. The highest BCUT2D eigenvalue weighted by molar-refractivity contribution is 6.04. The fourth-order valence-electron chi connectivity index (χ4n) is 4.41. The van der Waals surface area contributed by atoms with Gasteiger partial charge in [0.05, 0.1) is 6.54 Å². The van der Waals surface area contributed by atoms with Gasteiger partial charge in [-0.15, -0.1) is 0 Å². The van der Waals surface area contributed by atoms with Crippen LogP contribution in [-0.2, 0) is 17.9 Å². The summed E-state index contributed by atoms with van der Waals surface area (Å²) >= 11 is 0. The molecule has 1 aliphatic heterocycles. The molecule has 0 spiro atoms. The average molecular weight is 483 g/mol. The van der Waals surface area contributed by atoms with Gasteiger partial charge in [0.2, 0.25) is 11.3 Å². The molecular formula is C27H21N3O6. The molecule has 9 nitrogen and oxygen atoms in total. The van der Waals surface area contributed by atoms with E-state index in [1.54, 1.807) is 30.3 Å². The first kappa shape index (κ1) is 22.9. The van der Waals surface area contributed by atoms with E-state index >= 15 is 0 Å². The number of carboxylic acid groups (broad SMARTS) is 1. The van der Waals surface area contributed by atoms with Gasteiger partial charge in [-0.25, -0.2) is 4.79 Å². The van der Waals surface area contributed by atoms with Crippen molar-refractivity contribution in [3.05, 3.63) is 106 Å². The maximum Gasteiger partial charge on any atom is 0.341 e. The van der Waals surface area contributed by atoms with Crippen LogP contribution in [0.3, 0.4) is 0 Å². The molecule has 4 aromatic rings. The fourth-order valence-corrected chi connectivity index (χ4v) is 4.41. The third kappa shape index (κ3) is 4.07. The van der Waals surface area contributed by atoms with Crippen molar-refractivity contribution in [1.29, 1.82) is 0 Å². The highest BCUT2D eigenvalue weighted by atomic mass is 16.4. The number of aromatic hydroxyl groups is 1. The number of carbonyl (C=O) groups is 3. The first-order chi connectivity index (χ1) is 17.3. The highest BCUT2D eigenvalue weighted by Gasteiger charge is 2.39. The summed E-state index contributed by atoms with van der Waals surface area (Å²) in [5.41, 5.74) is -0.914. The van der Waals surface area contributed by atoms with Gasteiger partial charge in [0.1, 0.15) is 11.6 Å².